The number of nitrogens with one attached hydrogen (secondary N) is 1. The first-order valence-electron chi connectivity index (χ1n) is 7.02. The molecule has 0 saturated heterocycles. The molecule has 3 rings (SSSR count). The monoisotopic (exact) mass is 294 g/mol. The maximum Gasteiger partial charge on any atom is 0.228 e. The van der Waals surface area contributed by atoms with Gasteiger partial charge in [0.2, 0.25) is 5.91 Å². The molecule has 1 heterocycles. The van der Waals surface area contributed by atoms with Crippen LogP contribution in [0.5, 0.6) is 0 Å². The summed E-state index contributed by atoms with van der Waals surface area (Å²) in [5, 5.41) is 3.71. The molecule has 0 spiro atoms. The number of aryl methyl sites for hydroxylation is 1. The van der Waals surface area contributed by atoms with Crippen molar-refractivity contribution in [3.8, 4) is 0 Å². The summed E-state index contributed by atoms with van der Waals surface area (Å²) >= 11 is 0. The Bertz CT molecular complexity index is 840. The third kappa shape index (κ3) is 2.96. The molecule has 0 atom stereocenters. The van der Waals surface area contributed by atoms with Gasteiger partial charge in [-0.2, -0.15) is 0 Å². The Kier molecular flexibility index (Phi) is 3.83. The SMILES string of the molecule is Cc1ccc(NC(=O)Cc2cccc3cccnc23)cc1F. The van der Waals surface area contributed by atoms with Gasteiger partial charge in [0.25, 0.3) is 0 Å². The summed E-state index contributed by atoms with van der Waals surface area (Å²) in [4.78, 5) is 16.5. The van der Waals surface area contributed by atoms with Crippen molar-refractivity contribution in [2.24, 2.45) is 0 Å². The zero-order chi connectivity index (χ0) is 15.5. The molecule has 4 heteroatoms. The van der Waals surface area contributed by atoms with Gasteiger partial charge in [-0.25, -0.2) is 4.39 Å². The molecule has 110 valence electrons. The van der Waals surface area contributed by atoms with E-state index in [1.165, 1.54) is 6.07 Å². The van der Waals surface area contributed by atoms with Crippen LogP contribution < -0.4 is 5.32 Å². The van der Waals surface area contributed by atoms with E-state index in [9.17, 15) is 9.18 Å². The molecule has 0 aliphatic heterocycles. The summed E-state index contributed by atoms with van der Waals surface area (Å²) in [5.41, 5.74) is 2.68. The van der Waals surface area contributed by atoms with E-state index in [0.29, 0.717) is 11.3 Å². The lowest BCUT2D eigenvalue weighted by molar-refractivity contribution is -0.115. The quantitative estimate of drug-likeness (QED) is 0.797. The lowest BCUT2D eigenvalue weighted by Crippen LogP contribution is -2.15. The first-order valence-corrected chi connectivity index (χ1v) is 7.02. The second-order valence-corrected chi connectivity index (χ2v) is 5.18. The van der Waals surface area contributed by atoms with Crippen molar-refractivity contribution < 1.29 is 9.18 Å². The summed E-state index contributed by atoms with van der Waals surface area (Å²) in [6.07, 6.45) is 1.91. The summed E-state index contributed by atoms with van der Waals surface area (Å²) in [7, 11) is 0. The molecule has 22 heavy (non-hydrogen) atoms. The van der Waals surface area contributed by atoms with Crippen LogP contribution in [0.25, 0.3) is 10.9 Å². The van der Waals surface area contributed by atoms with Gasteiger partial charge in [-0.1, -0.05) is 30.3 Å². The van der Waals surface area contributed by atoms with Crippen molar-refractivity contribution in [2.75, 3.05) is 5.32 Å². The fourth-order valence-electron chi connectivity index (χ4n) is 2.36. The van der Waals surface area contributed by atoms with E-state index in [1.807, 2.05) is 30.3 Å². The fourth-order valence-corrected chi connectivity index (χ4v) is 2.36. The molecular weight excluding hydrogens is 279 g/mol. The van der Waals surface area contributed by atoms with E-state index >= 15 is 0 Å². The van der Waals surface area contributed by atoms with E-state index in [-0.39, 0.29) is 18.1 Å². The Labute approximate surface area is 127 Å². The van der Waals surface area contributed by atoms with Crippen molar-refractivity contribution in [2.45, 2.75) is 13.3 Å². The lowest BCUT2D eigenvalue weighted by Gasteiger charge is -2.08. The Balaban J connectivity index is 1.80. The molecule has 0 unspecified atom stereocenters. The number of para-hydroxylation sites is 1. The number of benzene rings is 2. The van der Waals surface area contributed by atoms with E-state index in [0.717, 1.165) is 16.5 Å². The molecule has 0 aliphatic rings. The van der Waals surface area contributed by atoms with Gasteiger partial charge < -0.3 is 5.32 Å². The van der Waals surface area contributed by atoms with Crippen LogP contribution >= 0.6 is 0 Å². The van der Waals surface area contributed by atoms with Gasteiger partial charge >= 0.3 is 0 Å². The average Bonchev–Trinajstić information content (AvgIpc) is 2.51. The predicted molar refractivity (Wildman–Crippen MR) is 85.2 cm³/mol. The molecule has 0 aliphatic carbocycles. The van der Waals surface area contributed by atoms with Crippen LogP contribution in [0, 0.1) is 12.7 Å². The van der Waals surface area contributed by atoms with Crippen LogP contribution in [0.4, 0.5) is 10.1 Å². The minimum atomic E-state index is -0.329. The van der Waals surface area contributed by atoms with Crippen molar-refractivity contribution in [1.29, 1.82) is 0 Å². The van der Waals surface area contributed by atoms with Crippen molar-refractivity contribution in [1.82, 2.24) is 4.98 Å². The topological polar surface area (TPSA) is 42.0 Å². The van der Waals surface area contributed by atoms with Crippen LogP contribution in [-0.2, 0) is 11.2 Å². The van der Waals surface area contributed by atoms with Gasteiger partial charge in [-0.3, -0.25) is 9.78 Å². The zero-order valence-electron chi connectivity index (χ0n) is 12.1. The smallest absolute Gasteiger partial charge is 0.228 e. The van der Waals surface area contributed by atoms with Crippen LogP contribution in [0.1, 0.15) is 11.1 Å². The standard InChI is InChI=1S/C18H15FN2O/c1-12-7-8-15(11-16(12)19)21-17(22)10-14-5-2-4-13-6-3-9-20-18(13)14/h2-9,11H,10H2,1H3,(H,21,22). The third-order valence-electron chi connectivity index (χ3n) is 3.52. The first kappa shape index (κ1) is 14.2. The predicted octanol–water partition coefficient (Wildman–Crippen LogP) is 3.86. The van der Waals surface area contributed by atoms with Crippen LogP contribution in [0.2, 0.25) is 0 Å². The number of amides is 1. The number of nitrogens with zero attached hydrogens (tertiary/aromatic N) is 1. The zero-order valence-corrected chi connectivity index (χ0v) is 12.1. The number of rotatable bonds is 3. The normalized spacial score (nSPS) is 10.6. The molecule has 3 nitrogen and oxygen atoms in total. The maximum atomic E-state index is 13.5. The van der Waals surface area contributed by atoms with Crippen LogP contribution in [-0.4, -0.2) is 10.9 Å². The van der Waals surface area contributed by atoms with Gasteiger partial charge in [-0.15, -0.1) is 0 Å². The Morgan fingerprint density at radius 2 is 2.00 bits per heavy atom. The molecule has 0 bridgehead atoms. The number of aromatic nitrogens is 1. The summed E-state index contributed by atoms with van der Waals surface area (Å²) in [6.45, 7) is 1.68. The highest BCUT2D eigenvalue weighted by molar-refractivity contribution is 5.95. The largest absolute Gasteiger partial charge is 0.326 e. The highest BCUT2D eigenvalue weighted by Crippen LogP contribution is 2.18. The Morgan fingerprint density at radius 1 is 1.18 bits per heavy atom. The van der Waals surface area contributed by atoms with Gasteiger partial charge in [0.15, 0.2) is 0 Å². The molecule has 3 aromatic rings. The summed E-state index contributed by atoms with van der Waals surface area (Å²) in [5.74, 6) is -0.522. The first-order chi connectivity index (χ1) is 10.6. The molecule has 1 N–H and O–H groups in total. The van der Waals surface area contributed by atoms with Gasteiger partial charge in [0, 0.05) is 17.3 Å². The van der Waals surface area contributed by atoms with Gasteiger partial charge in [0.05, 0.1) is 11.9 Å². The summed E-state index contributed by atoms with van der Waals surface area (Å²) in [6, 6.07) is 14.2. The van der Waals surface area contributed by atoms with Gasteiger partial charge in [-0.05, 0) is 36.2 Å². The molecular formula is C18H15FN2O. The van der Waals surface area contributed by atoms with Crippen molar-refractivity contribution >= 4 is 22.5 Å². The maximum absolute atomic E-state index is 13.5. The second-order valence-electron chi connectivity index (χ2n) is 5.18. The average molecular weight is 294 g/mol. The molecule has 1 amide bonds. The van der Waals surface area contributed by atoms with E-state index in [4.69, 9.17) is 0 Å². The number of hydrogen-bond acceptors (Lipinski definition) is 2. The second kappa shape index (κ2) is 5.93. The van der Waals surface area contributed by atoms with E-state index in [2.05, 4.69) is 10.3 Å². The third-order valence-corrected chi connectivity index (χ3v) is 3.52. The number of fused-ring (bicyclic) bond motifs is 1. The molecule has 0 fully saturated rings. The number of carbonyl (C=O) groups excluding carboxylic acids is 1. The van der Waals surface area contributed by atoms with Crippen LogP contribution in [0.3, 0.4) is 0 Å². The van der Waals surface area contributed by atoms with Crippen LogP contribution in [0.15, 0.2) is 54.7 Å². The molecule has 1 aromatic heterocycles. The number of hydrogen-bond donors (Lipinski definition) is 1. The summed E-state index contributed by atoms with van der Waals surface area (Å²) < 4.78 is 13.5. The highest BCUT2D eigenvalue weighted by Gasteiger charge is 2.09. The molecule has 2 aromatic carbocycles. The van der Waals surface area contributed by atoms with Gasteiger partial charge in [0.1, 0.15) is 5.82 Å². The number of anilines is 1. The van der Waals surface area contributed by atoms with Crippen molar-refractivity contribution in [3.05, 3.63) is 71.7 Å². The minimum Gasteiger partial charge on any atom is -0.326 e. The Hall–Kier alpha value is -2.75. The van der Waals surface area contributed by atoms with E-state index in [1.54, 1.807) is 25.3 Å². The van der Waals surface area contributed by atoms with E-state index < -0.39 is 0 Å². The number of pyridine rings is 1. The number of halogens is 1. The molecule has 0 saturated carbocycles. The number of carbonyl (C=O) groups is 1. The lowest BCUT2D eigenvalue weighted by atomic mass is 10.1. The molecule has 0 radical (unpaired) electrons. The Morgan fingerprint density at radius 3 is 2.82 bits per heavy atom. The highest BCUT2D eigenvalue weighted by atomic mass is 19.1. The van der Waals surface area contributed by atoms with Crippen molar-refractivity contribution in [3.63, 3.8) is 0 Å². The minimum absolute atomic E-state index is 0.193. The fraction of sp³-hybridized carbons (Fsp3) is 0.111.